The molecular weight excluding hydrogens is 198 g/mol. The van der Waals surface area contributed by atoms with Gasteiger partial charge in [0, 0.05) is 11.7 Å². The molecule has 0 bridgehead atoms. The van der Waals surface area contributed by atoms with Crippen molar-refractivity contribution in [1.29, 1.82) is 0 Å². The molecule has 0 saturated heterocycles. The molecule has 2 nitrogen and oxygen atoms in total. The molecular formula is C14H19NO. The molecule has 1 heterocycles. The average molecular weight is 217 g/mol. The Balaban J connectivity index is 2.65. The summed E-state index contributed by atoms with van der Waals surface area (Å²) in [6.07, 6.45) is 0. The molecule has 0 radical (unpaired) electrons. The van der Waals surface area contributed by atoms with Crippen LogP contribution in [0.3, 0.4) is 0 Å². The van der Waals surface area contributed by atoms with E-state index in [4.69, 9.17) is 0 Å². The van der Waals surface area contributed by atoms with Crippen LogP contribution in [0.15, 0.2) is 18.2 Å². The molecule has 1 aliphatic rings. The van der Waals surface area contributed by atoms with Crippen LogP contribution in [0.25, 0.3) is 0 Å². The predicted octanol–water partition coefficient (Wildman–Crippen LogP) is 3.03. The summed E-state index contributed by atoms with van der Waals surface area (Å²) in [5, 5.41) is 0. The van der Waals surface area contributed by atoms with Crippen LogP contribution in [-0.2, 0) is 10.2 Å². The van der Waals surface area contributed by atoms with Crippen molar-refractivity contribution in [2.24, 2.45) is 0 Å². The number of aryl methyl sites for hydroxylation is 1. The molecule has 0 aliphatic carbocycles. The van der Waals surface area contributed by atoms with Gasteiger partial charge >= 0.3 is 0 Å². The molecule has 0 fully saturated rings. The van der Waals surface area contributed by atoms with Crippen molar-refractivity contribution in [2.75, 3.05) is 4.90 Å². The minimum Gasteiger partial charge on any atom is -0.309 e. The Morgan fingerprint density at radius 1 is 1.25 bits per heavy atom. The number of carbonyl (C=O) groups is 1. The maximum absolute atomic E-state index is 12.4. The van der Waals surface area contributed by atoms with E-state index in [1.807, 2.05) is 18.7 Å². The van der Waals surface area contributed by atoms with Crippen molar-refractivity contribution in [3.05, 3.63) is 29.3 Å². The number of rotatable bonds is 1. The third kappa shape index (κ3) is 1.36. The van der Waals surface area contributed by atoms with Gasteiger partial charge in [-0.3, -0.25) is 4.79 Å². The van der Waals surface area contributed by atoms with Crippen LogP contribution in [0, 0.1) is 6.92 Å². The molecule has 2 rings (SSSR count). The Morgan fingerprint density at radius 3 is 2.44 bits per heavy atom. The van der Waals surface area contributed by atoms with Crippen molar-refractivity contribution < 1.29 is 4.79 Å². The van der Waals surface area contributed by atoms with Crippen LogP contribution in [0.1, 0.15) is 38.8 Å². The van der Waals surface area contributed by atoms with Gasteiger partial charge in [-0.15, -0.1) is 0 Å². The lowest BCUT2D eigenvalue weighted by Gasteiger charge is -2.24. The van der Waals surface area contributed by atoms with Crippen LogP contribution in [0.2, 0.25) is 0 Å². The van der Waals surface area contributed by atoms with Crippen molar-refractivity contribution >= 4 is 11.6 Å². The summed E-state index contributed by atoms with van der Waals surface area (Å²) >= 11 is 0. The fourth-order valence-electron chi connectivity index (χ4n) is 2.40. The van der Waals surface area contributed by atoms with E-state index in [1.54, 1.807) is 0 Å². The van der Waals surface area contributed by atoms with Crippen molar-refractivity contribution in [1.82, 2.24) is 0 Å². The maximum atomic E-state index is 12.4. The van der Waals surface area contributed by atoms with Gasteiger partial charge in [0.05, 0.1) is 5.41 Å². The molecule has 0 aromatic heterocycles. The molecule has 1 aliphatic heterocycles. The Morgan fingerprint density at radius 2 is 1.88 bits per heavy atom. The first-order valence-corrected chi connectivity index (χ1v) is 5.80. The van der Waals surface area contributed by atoms with E-state index in [-0.39, 0.29) is 17.4 Å². The third-order valence-electron chi connectivity index (χ3n) is 3.35. The molecule has 1 amide bonds. The second-order valence-electron chi connectivity index (χ2n) is 5.41. The monoisotopic (exact) mass is 217 g/mol. The van der Waals surface area contributed by atoms with Crippen molar-refractivity contribution in [3.63, 3.8) is 0 Å². The SMILES string of the molecule is Cc1ccc2c(c1)C(C)(C)C(=O)N2C(C)C. The first kappa shape index (κ1) is 11.2. The standard InChI is InChI=1S/C14H19NO/c1-9(2)15-12-7-6-10(3)8-11(12)14(4,5)13(15)16/h6-9H,1-5H3. The quantitative estimate of drug-likeness (QED) is 0.708. The lowest BCUT2D eigenvalue weighted by molar-refractivity contribution is -0.122. The molecule has 0 spiro atoms. The molecule has 16 heavy (non-hydrogen) atoms. The molecule has 0 saturated carbocycles. The molecule has 0 atom stereocenters. The number of hydrogen-bond donors (Lipinski definition) is 0. The summed E-state index contributed by atoms with van der Waals surface area (Å²) in [5.41, 5.74) is 3.07. The fraction of sp³-hybridized carbons (Fsp3) is 0.500. The first-order chi connectivity index (χ1) is 7.35. The van der Waals surface area contributed by atoms with Gasteiger partial charge in [0.2, 0.25) is 5.91 Å². The van der Waals surface area contributed by atoms with Crippen LogP contribution in [-0.4, -0.2) is 11.9 Å². The van der Waals surface area contributed by atoms with E-state index in [9.17, 15) is 4.79 Å². The van der Waals surface area contributed by atoms with Crippen LogP contribution in [0.5, 0.6) is 0 Å². The molecule has 86 valence electrons. The highest BCUT2D eigenvalue weighted by Gasteiger charge is 2.44. The van der Waals surface area contributed by atoms with Crippen LogP contribution >= 0.6 is 0 Å². The van der Waals surface area contributed by atoms with Crippen LogP contribution < -0.4 is 4.90 Å². The topological polar surface area (TPSA) is 20.3 Å². The number of anilines is 1. The van der Waals surface area contributed by atoms with E-state index in [0.717, 1.165) is 11.3 Å². The number of hydrogen-bond acceptors (Lipinski definition) is 1. The maximum Gasteiger partial charge on any atom is 0.237 e. The minimum atomic E-state index is -0.383. The number of carbonyl (C=O) groups excluding carboxylic acids is 1. The number of nitrogens with zero attached hydrogens (tertiary/aromatic N) is 1. The predicted molar refractivity (Wildman–Crippen MR) is 66.8 cm³/mol. The Bertz CT molecular complexity index is 446. The van der Waals surface area contributed by atoms with Gasteiger partial charge < -0.3 is 4.90 Å². The van der Waals surface area contributed by atoms with Gasteiger partial charge in [-0.25, -0.2) is 0 Å². The zero-order valence-corrected chi connectivity index (χ0v) is 10.7. The summed E-state index contributed by atoms with van der Waals surface area (Å²) in [6, 6.07) is 6.49. The van der Waals surface area contributed by atoms with Crippen molar-refractivity contribution in [2.45, 2.75) is 46.1 Å². The Kier molecular flexibility index (Phi) is 2.33. The smallest absolute Gasteiger partial charge is 0.237 e. The van der Waals surface area contributed by atoms with Gasteiger partial charge in [-0.2, -0.15) is 0 Å². The van der Waals surface area contributed by atoms with E-state index in [2.05, 4.69) is 39.0 Å². The molecule has 2 heteroatoms. The Hall–Kier alpha value is -1.31. The zero-order valence-electron chi connectivity index (χ0n) is 10.7. The summed E-state index contributed by atoms with van der Waals surface area (Å²) in [7, 11) is 0. The largest absolute Gasteiger partial charge is 0.309 e. The summed E-state index contributed by atoms with van der Waals surface area (Å²) in [5.74, 6) is 0.211. The highest BCUT2D eigenvalue weighted by atomic mass is 16.2. The number of fused-ring (bicyclic) bond motifs is 1. The normalized spacial score (nSPS) is 18.1. The van der Waals surface area contributed by atoms with E-state index in [1.165, 1.54) is 5.56 Å². The average Bonchev–Trinajstić information content (AvgIpc) is 2.37. The number of benzene rings is 1. The third-order valence-corrected chi connectivity index (χ3v) is 3.35. The second kappa shape index (κ2) is 3.34. The first-order valence-electron chi connectivity index (χ1n) is 5.80. The lowest BCUT2D eigenvalue weighted by Crippen LogP contribution is -2.40. The van der Waals surface area contributed by atoms with Gasteiger partial charge in [-0.05, 0) is 46.2 Å². The lowest BCUT2D eigenvalue weighted by atomic mass is 9.85. The van der Waals surface area contributed by atoms with E-state index < -0.39 is 0 Å². The van der Waals surface area contributed by atoms with Crippen LogP contribution in [0.4, 0.5) is 5.69 Å². The number of amides is 1. The van der Waals surface area contributed by atoms with Gasteiger partial charge in [0.15, 0.2) is 0 Å². The van der Waals surface area contributed by atoms with Gasteiger partial charge in [0.1, 0.15) is 0 Å². The second-order valence-corrected chi connectivity index (χ2v) is 5.41. The highest BCUT2D eigenvalue weighted by molar-refractivity contribution is 6.07. The van der Waals surface area contributed by atoms with Gasteiger partial charge in [0.25, 0.3) is 0 Å². The van der Waals surface area contributed by atoms with E-state index in [0.29, 0.717) is 0 Å². The highest BCUT2D eigenvalue weighted by Crippen LogP contribution is 2.42. The van der Waals surface area contributed by atoms with E-state index >= 15 is 0 Å². The zero-order chi connectivity index (χ0) is 12.1. The fourth-order valence-corrected chi connectivity index (χ4v) is 2.40. The van der Waals surface area contributed by atoms with Gasteiger partial charge in [-0.1, -0.05) is 17.7 Å². The summed E-state index contributed by atoms with van der Waals surface area (Å²) in [6.45, 7) is 10.2. The van der Waals surface area contributed by atoms with Crippen molar-refractivity contribution in [3.8, 4) is 0 Å². The Labute approximate surface area is 97.3 Å². The molecule has 0 N–H and O–H groups in total. The molecule has 1 aromatic carbocycles. The molecule has 1 aromatic rings. The molecule has 0 unspecified atom stereocenters. The summed E-state index contributed by atoms with van der Waals surface area (Å²) < 4.78 is 0. The summed E-state index contributed by atoms with van der Waals surface area (Å²) in [4.78, 5) is 14.3. The minimum absolute atomic E-state index is 0.211.